The van der Waals surface area contributed by atoms with Gasteiger partial charge in [-0.3, -0.25) is 4.79 Å². The maximum absolute atomic E-state index is 11.3. The molecule has 1 unspecified atom stereocenters. The molecule has 1 amide bonds. The van der Waals surface area contributed by atoms with Crippen molar-refractivity contribution in [1.29, 1.82) is 0 Å². The zero-order chi connectivity index (χ0) is 11.8. The molecule has 0 spiro atoms. The molecule has 0 aromatic carbocycles. The van der Waals surface area contributed by atoms with Gasteiger partial charge in [-0.1, -0.05) is 0 Å². The Hall–Kier alpha value is -1.03. The summed E-state index contributed by atoms with van der Waals surface area (Å²) in [6.07, 6.45) is 6.73. The van der Waals surface area contributed by atoms with E-state index in [1.807, 2.05) is 19.9 Å². The van der Waals surface area contributed by atoms with Gasteiger partial charge in [-0.15, -0.1) is 0 Å². The Morgan fingerprint density at radius 1 is 1.56 bits per heavy atom. The van der Waals surface area contributed by atoms with Gasteiger partial charge in [0.05, 0.1) is 6.26 Å². The molecular weight excluding hydrogens is 204 g/mol. The van der Waals surface area contributed by atoms with Gasteiger partial charge < -0.3 is 15.4 Å². The number of rotatable bonds is 6. The molecule has 1 aliphatic rings. The smallest absolute Gasteiger partial charge is 0.221 e. The van der Waals surface area contributed by atoms with Crippen LogP contribution in [0.15, 0.2) is 12.3 Å². The summed E-state index contributed by atoms with van der Waals surface area (Å²) in [6, 6.07) is 0.222. The van der Waals surface area contributed by atoms with Crippen molar-refractivity contribution in [3.8, 4) is 0 Å². The number of allylic oxidation sites excluding steroid dienone is 1. The Kier molecular flexibility index (Phi) is 5.93. The minimum absolute atomic E-state index is 0.104. The molecule has 2 N–H and O–H groups in total. The number of amides is 1. The molecule has 0 radical (unpaired) electrons. The molecule has 0 aliphatic carbocycles. The predicted molar refractivity (Wildman–Crippen MR) is 64.0 cm³/mol. The number of carbonyl (C=O) groups excluding carboxylic acids is 1. The molecule has 0 saturated heterocycles. The Morgan fingerprint density at radius 2 is 2.38 bits per heavy atom. The topological polar surface area (TPSA) is 50.4 Å². The minimum atomic E-state index is 0.104. The van der Waals surface area contributed by atoms with Crippen molar-refractivity contribution >= 4 is 5.91 Å². The molecule has 92 valence electrons. The number of ether oxygens (including phenoxy) is 1. The predicted octanol–water partition coefficient (Wildman–Crippen LogP) is 1.18. The molecular formula is C12H22N2O2. The summed E-state index contributed by atoms with van der Waals surface area (Å²) in [4.78, 5) is 11.3. The van der Waals surface area contributed by atoms with E-state index in [2.05, 4.69) is 10.6 Å². The average Bonchev–Trinajstić information content (AvgIpc) is 2.25. The van der Waals surface area contributed by atoms with Crippen LogP contribution >= 0.6 is 0 Å². The fraction of sp³-hybridized carbons (Fsp3) is 0.750. The summed E-state index contributed by atoms with van der Waals surface area (Å²) in [7, 11) is 0. The lowest BCUT2D eigenvalue weighted by Crippen LogP contribution is -2.35. The van der Waals surface area contributed by atoms with Crippen molar-refractivity contribution in [3.05, 3.63) is 12.3 Å². The van der Waals surface area contributed by atoms with Crippen molar-refractivity contribution in [2.75, 3.05) is 13.1 Å². The van der Waals surface area contributed by atoms with E-state index in [-0.39, 0.29) is 18.1 Å². The van der Waals surface area contributed by atoms with E-state index < -0.39 is 0 Å². The molecule has 0 bridgehead atoms. The van der Waals surface area contributed by atoms with E-state index in [9.17, 15) is 4.79 Å². The van der Waals surface area contributed by atoms with Crippen LogP contribution in [0.4, 0.5) is 0 Å². The molecule has 1 heterocycles. The van der Waals surface area contributed by atoms with Gasteiger partial charge in [0.2, 0.25) is 5.91 Å². The summed E-state index contributed by atoms with van der Waals surface area (Å²) in [5.74, 6) is 0.104. The Labute approximate surface area is 97.4 Å². The molecule has 0 aromatic rings. The van der Waals surface area contributed by atoms with Crippen LogP contribution in [-0.4, -0.2) is 31.1 Å². The number of hydrogen-bond acceptors (Lipinski definition) is 3. The first-order chi connectivity index (χ1) is 7.68. The van der Waals surface area contributed by atoms with Crippen LogP contribution in [-0.2, 0) is 9.53 Å². The lowest BCUT2D eigenvalue weighted by atomic mass is 10.1. The van der Waals surface area contributed by atoms with Crippen LogP contribution in [0.3, 0.4) is 0 Å². The third-order valence-electron chi connectivity index (χ3n) is 2.37. The second kappa shape index (κ2) is 7.28. The van der Waals surface area contributed by atoms with Crippen molar-refractivity contribution < 1.29 is 9.53 Å². The van der Waals surface area contributed by atoms with E-state index in [0.717, 1.165) is 19.4 Å². The Bertz CT molecular complexity index is 239. The SMILES string of the molecule is CC(C)NC(=O)CCNCC1CCC=CO1. The maximum Gasteiger partial charge on any atom is 0.221 e. The highest BCUT2D eigenvalue weighted by Gasteiger charge is 2.10. The zero-order valence-corrected chi connectivity index (χ0v) is 10.2. The van der Waals surface area contributed by atoms with Gasteiger partial charge in [-0.25, -0.2) is 0 Å². The van der Waals surface area contributed by atoms with Crippen molar-refractivity contribution in [2.45, 2.75) is 45.3 Å². The van der Waals surface area contributed by atoms with Gasteiger partial charge in [0.1, 0.15) is 6.10 Å². The Balaban J connectivity index is 1.99. The number of carbonyl (C=O) groups is 1. The lowest BCUT2D eigenvalue weighted by Gasteiger charge is -2.19. The highest BCUT2D eigenvalue weighted by atomic mass is 16.5. The van der Waals surface area contributed by atoms with Crippen LogP contribution in [0.2, 0.25) is 0 Å². The van der Waals surface area contributed by atoms with Crippen LogP contribution in [0, 0.1) is 0 Å². The van der Waals surface area contributed by atoms with E-state index in [4.69, 9.17) is 4.74 Å². The minimum Gasteiger partial charge on any atom is -0.497 e. The molecule has 0 aromatic heterocycles. The quantitative estimate of drug-likeness (QED) is 0.669. The Morgan fingerprint density at radius 3 is 3.00 bits per heavy atom. The molecule has 0 saturated carbocycles. The van der Waals surface area contributed by atoms with Gasteiger partial charge in [0.25, 0.3) is 0 Å². The number of nitrogens with one attached hydrogen (secondary N) is 2. The molecule has 4 nitrogen and oxygen atoms in total. The summed E-state index contributed by atoms with van der Waals surface area (Å²) in [6.45, 7) is 5.46. The van der Waals surface area contributed by atoms with Crippen LogP contribution in [0.25, 0.3) is 0 Å². The van der Waals surface area contributed by atoms with Crippen molar-refractivity contribution in [1.82, 2.24) is 10.6 Å². The largest absolute Gasteiger partial charge is 0.497 e. The van der Waals surface area contributed by atoms with Crippen LogP contribution in [0.5, 0.6) is 0 Å². The first-order valence-corrected chi connectivity index (χ1v) is 5.99. The summed E-state index contributed by atoms with van der Waals surface area (Å²) in [5, 5.41) is 6.10. The third-order valence-corrected chi connectivity index (χ3v) is 2.37. The molecule has 1 aliphatic heterocycles. The fourth-order valence-electron chi connectivity index (χ4n) is 1.59. The van der Waals surface area contributed by atoms with Gasteiger partial charge in [0.15, 0.2) is 0 Å². The van der Waals surface area contributed by atoms with E-state index in [1.165, 1.54) is 0 Å². The van der Waals surface area contributed by atoms with Gasteiger partial charge in [-0.05, 0) is 32.8 Å². The summed E-state index contributed by atoms with van der Waals surface area (Å²) in [5.41, 5.74) is 0. The third kappa shape index (κ3) is 5.75. The first-order valence-electron chi connectivity index (χ1n) is 5.99. The first kappa shape index (κ1) is 13.0. The van der Waals surface area contributed by atoms with E-state index >= 15 is 0 Å². The van der Waals surface area contributed by atoms with Crippen molar-refractivity contribution in [2.24, 2.45) is 0 Å². The average molecular weight is 226 g/mol. The molecule has 1 rings (SSSR count). The highest BCUT2D eigenvalue weighted by molar-refractivity contribution is 5.76. The molecule has 4 heteroatoms. The van der Waals surface area contributed by atoms with E-state index in [1.54, 1.807) is 6.26 Å². The molecule has 0 fully saturated rings. The second-order valence-corrected chi connectivity index (χ2v) is 4.38. The van der Waals surface area contributed by atoms with Gasteiger partial charge >= 0.3 is 0 Å². The normalized spacial score (nSPS) is 19.6. The van der Waals surface area contributed by atoms with Crippen molar-refractivity contribution in [3.63, 3.8) is 0 Å². The molecule has 16 heavy (non-hydrogen) atoms. The van der Waals surface area contributed by atoms with Gasteiger partial charge in [-0.2, -0.15) is 0 Å². The highest BCUT2D eigenvalue weighted by Crippen LogP contribution is 2.08. The van der Waals surface area contributed by atoms with E-state index in [0.29, 0.717) is 13.0 Å². The fourth-order valence-corrected chi connectivity index (χ4v) is 1.59. The van der Waals surface area contributed by atoms with Crippen LogP contribution < -0.4 is 10.6 Å². The summed E-state index contributed by atoms with van der Waals surface area (Å²) >= 11 is 0. The lowest BCUT2D eigenvalue weighted by molar-refractivity contribution is -0.121. The second-order valence-electron chi connectivity index (χ2n) is 4.38. The number of hydrogen-bond donors (Lipinski definition) is 2. The zero-order valence-electron chi connectivity index (χ0n) is 10.2. The molecule has 1 atom stereocenters. The standard InChI is InChI=1S/C12H22N2O2/c1-10(2)14-12(15)6-7-13-9-11-5-3-4-8-16-11/h4,8,10-11,13H,3,5-7,9H2,1-2H3,(H,14,15). The maximum atomic E-state index is 11.3. The monoisotopic (exact) mass is 226 g/mol. The van der Waals surface area contributed by atoms with Gasteiger partial charge in [0, 0.05) is 25.6 Å². The van der Waals surface area contributed by atoms with Crippen LogP contribution in [0.1, 0.15) is 33.1 Å². The summed E-state index contributed by atoms with van der Waals surface area (Å²) < 4.78 is 5.41.